The first-order valence-corrected chi connectivity index (χ1v) is 11.3. The maximum atomic E-state index is 12.8. The summed E-state index contributed by atoms with van der Waals surface area (Å²) in [6.45, 7) is 1.29. The zero-order valence-electron chi connectivity index (χ0n) is 16.5. The number of alkyl halides is 3. The van der Waals surface area contributed by atoms with Crippen LogP contribution in [-0.2, 0) is 18.2 Å². The Bertz CT molecular complexity index is 884. The van der Waals surface area contributed by atoms with Gasteiger partial charge in [0, 0.05) is 30.2 Å². The normalized spacial score (nSPS) is 19.4. The smallest absolute Gasteiger partial charge is 0.383 e. The van der Waals surface area contributed by atoms with Crippen molar-refractivity contribution in [3.05, 3.63) is 70.8 Å². The van der Waals surface area contributed by atoms with E-state index in [1.54, 1.807) is 36.0 Å². The van der Waals surface area contributed by atoms with Crippen molar-refractivity contribution in [2.24, 2.45) is 5.92 Å². The second-order valence-electron chi connectivity index (χ2n) is 8.24. The SMILES string of the molecule is O=C(c1ccc(C2(O)CSC2)cc1)N1CCC(Cc2ccc(C(F)(F)F)cc2)CC1. The lowest BCUT2D eigenvalue weighted by Gasteiger charge is -2.36. The molecule has 0 radical (unpaired) electrons. The first-order chi connectivity index (χ1) is 14.2. The number of thioether (sulfide) groups is 1. The Balaban J connectivity index is 1.30. The van der Waals surface area contributed by atoms with Crippen LogP contribution >= 0.6 is 11.8 Å². The van der Waals surface area contributed by atoms with E-state index in [1.165, 1.54) is 0 Å². The highest BCUT2D eigenvalue weighted by atomic mass is 32.2. The number of amides is 1. The maximum Gasteiger partial charge on any atom is 0.416 e. The van der Waals surface area contributed by atoms with Crippen LogP contribution in [0.4, 0.5) is 13.2 Å². The first-order valence-electron chi connectivity index (χ1n) is 10.1. The van der Waals surface area contributed by atoms with Gasteiger partial charge < -0.3 is 10.0 Å². The molecule has 0 saturated carbocycles. The average molecular weight is 436 g/mol. The van der Waals surface area contributed by atoms with Gasteiger partial charge in [0.15, 0.2) is 0 Å². The molecule has 4 rings (SSSR count). The molecule has 7 heteroatoms. The minimum Gasteiger partial charge on any atom is -0.383 e. The van der Waals surface area contributed by atoms with Crippen LogP contribution in [-0.4, -0.2) is 40.5 Å². The van der Waals surface area contributed by atoms with Crippen molar-refractivity contribution in [2.75, 3.05) is 24.6 Å². The van der Waals surface area contributed by atoms with Gasteiger partial charge in [0.25, 0.3) is 5.91 Å². The molecule has 0 atom stereocenters. The Hall–Kier alpha value is -1.99. The number of likely N-dealkylation sites (tertiary alicyclic amines) is 1. The van der Waals surface area contributed by atoms with Crippen molar-refractivity contribution in [1.29, 1.82) is 0 Å². The Labute approximate surface area is 178 Å². The highest BCUT2D eigenvalue weighted by Crippen LogP contribution is 2.38. The Kier molecular flexibility index (Phi) is 5.86. The second-order valence-corrected chi connectivity index (χ2v) is 9.22. The van der Waals surface area contributed by atoms with Crippen molar-refractivity contribution >= 4 is 17.7 Å². The van der Waals surface area contributed by atoms with Gasteiger partial charge in [-0.25, -0.2) is 0 Å². The lowest BCUT2D eigenvalue weighted by Crippen LogP contribution is -2.40. The van der Waals surface area contributed by atoms with E-state index in [1.807, 2.05) is 17.0 Å². The van der Waals surface area contributed by atoms with Crippen LogP contribution in [0.1, 0.15) is 39.9 Å². The molecule has 2 aromatic carbocycles. The third-order valence-electron chi connectivity index (χ3n) is 6.06. The third kappa shape index (κ3) is 4.52. The predicted octanol–water partition coefficient (Wildman–Crippen LogP) is 4.73. The molecule has 0 bridgehead atoms. The van der Waals surface area contributed by atoms with E-state index >= 15 is 0 Å². The second kappa shape index (κ2) is 8.27. The molecule has 2 aromatic rings. The number of nitrogens with zero attached hydrogens (tertiary/aromatic N) is 1. The summed E-state index contributed by atoms with van der Waals surface area (Å²) in [5.41, 5.74) is 0.989. The van der Waals surface area contributed by atoms with E-state index in [9.17, 15) is 23.1 Å². The number of carbonyl (C=O) groups excluding carboxylic acids is 1. The molecule has 0 spiro atoms. The number of hydrogen-bond donors (Lipinski definition) is 1. The Morgan fingerprint density at radius 2 is 1.63 bits per heavy atom. The van der Waals surface area contributed by atoms with Gasteiger partial charge in [-0.3, -0.25) is 4.79 Å². The standard InChI is InChI=1S/C23H24F3NO2S/c24-23(25,26)20-5-1-16(2-6-20)13-17-9-11-27(12-10-17)21(28)18-3-7-19(8-4-18)22(29)14-30-15-22/h1-8,17,29H,9-15H2. The molecule has 160 valence electrons. The van der Waals surface area contributed by atoms with Crippen molar-refractivity contribution in [2.45, 2.75) is 31.0 Å². The van der Waals surface area contributed by atoms with Crippen molar-refractivity contribution in [3.8, 4) is 0 Å². The zero-order valence-corrected chi connectivity index (χ0v) is 17.3. The summed E-state index contributed by atoms with van der Waals surface area (Å²) in [6, 6.07) is 12.6. The number of carbonyl (C=O) groups is 1. The summed E-state index contributed by atoms with van der Waals surface area (Å²) < 4.78 is 38.1. The zero-order chi connectivity index (χ0) is 21.4. The number of piperidine rings is 1. The number of rotatable bonds is 4. The summed E-state index contributed by atoms with van der Waals surface area (Å²) in [4.78, 5) is 14.6. The van der Waals surface area contributed by atoms with Crippen LogP contribution in [0.5, 0.6) is 0 Å². The van der Waals surface area contributed by atoms with Crippen LogP contribution in [0, 0.1) is 5.92 Å². The molecule has 1 amide bonds. The number of hydrogen-bond acceptors (Lipinski definition) is 3. The van der Waals surface area contributed by atoms with Gasteiger partial charge in [-0.05, 0) is 60.6 Å². The van der Waals surface area contributed by atoms with Gasteiger partial charge in [-0.15, -0.1) is 0 Å². The molecule has 0 aromatic heterocycles. The van der Waals surface area contributed by atoms with E-state index in [4.69, 9.17) is 0 Å². The lowest BCUT2D eigenvalue weighted by molar-refractivity contribution is -0.137. The lowest BCUT2D eigenvalue weighted by atomic mass is 9.89. The van der Waals surface area contributed by atoms with E-state index in [0.717, 1.165) is 42.5 Å². The van der Waals surface area contributed by atoms with Crippen LogP contribution in [0.25, 0.3) is 0 Å². The molecule has 2 fully saturated rings. The number of halogens is 3. The first kappa shape index (κ1) is 21.2. The van der Waals surface area contributed by atoms with Crippen LogP contribution in [0.2, 0.25) is 0 Å². The van der Waals surface area contributed by atoms with E-state index in [2.05, 4.69) is 0 Å². The molecule has 2 aliphatic rings. The number of benzene rings is 2. The van der Waals surface area contributed by atoms with E-state index < -0.39 is 17.3 Å². The van der Waals surface area contributed by atoms with Gasteiger partial charge in [-0.1, -0.05) is 24.3 Å². The Morgan fingerprint density at radius 1 is 1.03 bits per heavy atom. The van der Waals surface area contributed by atoms with Gasteiger partial charge in [0.05, 0.1) is 5.56 Å². The average Bonchev–Trinajstić information content (AvgIpc) is 2.72. The van der Waals surface area contributed by atoms with Crippen molar-refractivity contribution in [3.63, 3.8) is 0 Å². The predicted molar refractivity (Wildman–Crippen MR) is 111 cm³/mol. The van der Waals surface area contributed by atoms with Gasteiger partial charge >= 0.3 is 6.18 Å². The summed E-state index contributed by atoms with van der Waals surface area (Å²) in [7, 11) is 0. The molecule has 0 unspecified atom stereocenters. The summed E-state index contributed by atoms with van der Waals surface area (Å²) in [5.74, 6) is 1.72. The van der Waals surface area contributed by atoms with Gasteiger partial charge in [-0.2, -0.15) is 24.9 Å². The van der Waals surface area contributed by atoms with E-state index in [0.29, 0.717) is 36.1 Å². The highest BCUT2D eigenvalue weighted by molar-refractivity contribution is 8.00. The molecular formula is C23H24F3NO2S. The quantitative estimate of drug-likeness (QED) is 0.755. The van der Waals surface area contributed by atoms with Gasteiger partial charge in [0.1, 0.15) is 5.60 Å². The molecule has 2 heterocycles. The van der Waals surface area contributed by atoms with Gasteiger partial charge in [0.2, 0.25) is 0 Å². The monoisotopic (exact) mass is 435 g/mol. The molecule has 2 aliphatic heterocycles. The fourth-order valence-corrected chi connectivity index (χ4v) is 5.00. The minimum absolute atomic E-state index is 0.00972. The summed E-state index contributed by atoms with van der Waals surface area (Å²) >= 11 is 1.70. The third-order valence-corrected chi connectivity index (χ3v) is 7.42. The molecule has 0 aliphatic carbocycles. The molecule has 1 N–H and O–H groups in total. The van der Waals surface area contributed by atoms with Crippen LogP contribution in [0.3, 0.4) is 0 Å². The topological polar surface area (TPSA) is 40.5 Å². The van der Waals surface area contributed by atoms with E-state index in [-0.39, 0.29) is 5.91 Å². The largest absolute Gasteiger partial charge is 0.416 e. The fourth-order valence-electron chi connectivity index (χ4n) is 4.07. The van der Waals surface area contributed by atoms with Crippen molar-refractivity contribution in [1.82, 2.24) is 4.90 Å². The highest BCUT2D eigenvalue weighted by Gasteiger charge is 2.37. The fraction of sp³-hybridized carbons (Fsp3) is 0.435. The van der Waals surface area contributed by atoms with Crippen molar-refractivity contribution < 1.29 is 23.1 Å². The number of aliphatic hydroxyl groups is 1. The summed E-state index contributed by atoms with van der Waals surface area (Å²) in [6.07, 6.45) is -1.91. The maximum absolute atomic E-state index is 12.8. The minimum atomic E-state index is -4.31. The van der Waals surface area contributed by atoms with Crippen LogP contribution in [0.15, 0.2) is 48.5 Å². The summed E-state index contributed by atoms with van der Waals surface area (Å²) in [5, 5.41) is 10.4. The Morgan fingerprint density at radius 3 is 2.13 bits per heavy atom. The molecule has 3 nitrogen and oxygen atoms in total. The molecule has 30 heavy (non-hydrogen) atoms. The van der Waals surface area contributed by atoms with Crippen LogP contribution < -0.4 is 0 Å². The molecular weight excluding hydrogens is 411 g/mol. The molecule has 2 saturated heterocycles.